The van der Waals surface area contributed by atoms with E-state index in [2.05, 4.69) is 24.9 Å². The number of piperidine rings is 1. The van der Waals surface area contributed by atoms with Crippen LogP contribution in [0, 0.1) is 11.3 Å². The van der Waals surface area contributed by atoms with Crippen molar-refractivity contribution < 1.29 is 19.7 Å². The van der Waals surface area contributed by atoms with Gasteiger partial charge in [-0.2, -0.15) is 0 Å². The number of benzene rings is 1. The van der Waals surface area contributed by atoms with E-state index in [-0.39, 0.29) is 28.6 Å². The van der Waals surface area contributed by atoms with Crippen LogP contribution in [0.25, 0.3) is 0 Å². The van der Waals surface area contributed by atoms with Crippen LogP contribution in [0.3, 0.4) is 0 Å². The van der Waals surface area contributed by atoms with Crippen molar-refractivity contribution in [2.75, 3.05) is 20.7 Å². The maximum Gasteiger partial charge on any atom is 0.165 e. The molecular formula is C25H35NO4. The molecule has 1 aromatic carbocycles. The molecule has 5 nitrogen and oxygen atoms in total. The minimum Gasteiger partial charge on any atom is -0.504 e. The van der Waals surface area contributed by atoms with Crippen molar-refractivity contribution in [1.29, 1.82) is 0 Å². The molecule has 7 atom stereocenters. The van der Waals surface area contributed by atoms with Crippen LogP contribution < -0.4 is 4.74 Å². The molecular weight excluding hydrogens is 378 g/mol. The molecule has 6 aliphatic rings. The van der Waals surface area contributed by atoms with Gasteiger partial charge in [0.2, 0.25) is 0 Å². The molecule has 0 aromatic heterocycles. The van der Waals surface area contributed by atoms with Gasteiger partial charge in [-0.25, -0.2) is 0 Å². The van der Waals surface area contributed by atoms with Crippen LogP contribution in [0.4, 0.5) is 0 Å². The number of ether oxygens (including phenoxy) is 2. The molecule has 4 aliphatic carbocycles. The Morgan fingerprint density at radius 2 is 2.10 bits per heavy atom. The summed E-state index contributed by atoms with van der Waals surface area (Å²) in [5, 5.41) is 22.5. The molecule has 1 unspecified atom stereocenters. The van der Waals surface area contributed by atoms with Gasteiger partial charge in [0, 0.05) is 35.5 Å². The fourth-order valence-electron chi connectivity index (χ4n) is 9.09. The summed E-state index contributed by atoms with van der Waals surface area (Å²) in [7, 11) is 4.09. The van der Waals surface area contributed by atoms with E-state index in [9.17, 15) is 10.2 Å². The van der Waals surface area contributed by atoms with E-state index in [0.29, 0.717) is 11.8 Å². The molecule has 1 saturated heterocycles. The Labute approximate surface area is 179 Å². The number of phenols is 1. The van der Waals surface area contributed by atoms with E-state index in [1.165, 1.54) is 11.1 Å². The van der Waals surface area contributed by atoms with Crippen LogP contribution in [0.5, 0.6) is 11.5 Å². The van der Waals surface area contributed by atoms with Crippen molar-refractivity contribution in [2.45, 2.75) is 87.6 Å². The molecule has 4 fully saturated rings. The van der Waals surface area contributed by atoms with E-state index in [1.54, 1.807) is 0 Å². The number of hydrogen-bond acceptors (Lipinski definition) is 5. The number of aromatic hydroxyl groups is 1. The fourth-order valence-corrected chi connectivity index (χ4v) is 9.09. The Kier molecular flexibility index (Phi) is 3.70. The molecule has 3 saturated carbocycles. The topological polar surface area (TPSA) is 62.2 Å². The summed E-state index contributed by atoms with van der Waals surface area (Å²) in [4.78, 5) is 2.56. The van der Waals surface area contributed by atoms with E-state index in [0.717, 1.165) is 51.5 Å². The van der Waals surface area contributed by atoms with Crippen LogP contribution in [0.15, 0.2) is 12.1 Å². The van der Waals surface area contributed by atoms with E-state index < -0.39 is 11.2 Å². The summed E-state index contributed by atoms with van der Waals surface area (Å²) in [6, 6.07) is 4.37. The number of aliphatic hydroxyl groups is 1. The second-order valence-electron chi connectivity index (χ2n) is 11.0. The van der Waals surface area contributed by atoms with Gasteiger partial charge in [-0.05, 0) is 70.7 Å². The lowest BCUT2D eigenvalue weighted by Gasteiger charge is -2.74. The Bertz CT molecular complexity index is 915. The van der Waals surface area contributed by atoms with Crippen molar-refractivity contribution in [3.05, 3.63) is 23.3 Å². The Morgan fingerprint density at radius 3 is 2.83 bits per heavy atom. The van der Waals surface area contributed by atoms with E-state index in [4.69, 9.17) is 9.47 Å². The largest absolute Gasteiger partial charge is 0.504 e. The molecule has 2 heterocycles. The van der Waals surface area contributed by atoms with Crippen LogP contribution in [-0.4, -0.2) is 59.2 Å². The highest BCUT2D eigenvalue weighted by molar-refractivity contribution is 5.63. The number of likely N-dealkylation sites (N-methyl/N-ethyl adjacent to an activating group) is 1. The zero-order valence-electron chi connectivity index (χ0n) is 18.7. The molecule has 0 radical (unpaired) electrons. The predicted octanol–water partition coefficient (Wildman–Crippen LogP) is 3.39. The predicted molar refractivity (Wildman–Crippen MR) is 114 cm³/mol. The number of phenolic OH excluding ortho intramolecular Hbond substituents is 1. The molecule has 164 valence electrons. The molecule has 2 aliphatic heterocycles. The van der Waals surface area contributed by atoms with Crippen LogP contribution in [-0.2, 0) is 16.6 Å². The first-order valence-electron chi connectivity index (χ1n) is 11.8. The van der Waals surface area contributed by atoms with E-state index >= 15 is 0 Å². The maximum atomic E-state index is 11.7. The average molecular weight is 414 g/mol. The number of nitrogens with zero attached hydrogens (tertiary/aromatic N) is 1. The lowest BCUT2D eigenvalue weighted by Crippen LogP contribution is -2.82. The molecule has 1 aromatic rings. The van der Waals surface area contributed by atoms with Crippen LogP contribution in [0.2, 0.25) is 0 Å². The van der Waals surface area contributed by atoms with Crippen molar-refractivity contribution in [2.24, 2.45) is 11.3 Å². The summed E-state index contributed by atoms with van der Waals surface area (Å²) >= 11 is 0. The minimum absolute atomic E-state index is 0.0221. The standard InChI is InChI=1S/C25H35NO4/c1-5-8-22(2,28)17-14-23-9-10-25(17,29-4)21-24(23)11-12-26(3)18(23)13-15-6-7-16(27)20(30-21)19(15)24/h6-7,17-18,21,27-28H,5,8-14H2,1-4H3/t17-,18-,21-,22?,23-,24+,25-/m1/s1. The molecule has 7 rings (SSSR count). The SMILES string of the molecule is CCCC(C)(O)[C@H]1C[C@@]23CC[C@]1(OC)[C@@H]1Oc4c(O)ccc5c4[C@@]12CCN(C)[C@@H]3C5. The van der Waals surface area contributed by atoms with Gasteiger partial charge >= 0.3 is 0 Å². The monoisotopic (exact) mass is 413 g/mol. The average Bonchev–Trinajstić information content (AvgIpc) is 3.09. The summed E-state index contributed by atoms with van der Waals surface area (Å²) < 4.78 is 13.2. The second-order valence-corrected chi connectivity index (χ2v) is 11.0. The third-order valence-corrected chi connectivity index (χ3v) is 10.1. The van der Waals surface area contributed by atoms with Crippen molar-refractivity contribution >= 4 is 0 Å². The Balaban J connectivity index is 1.64. The smallest absolute Gasteiger partial charge is 0.165 e. The highest BCUT2D eigenvalue weighted by Crippen LogP contribution is 2.77. The number of likely N-dealkylation sites (tertiary alicyclic amines) is 1. The summed E-state index contributed by atoms with van der Waals surface area (Å²) in [5.41, 5.74) is 1.21. The number of rotatable bonds is 4. The first-order valence-corrected chi connectivity index (χ1v) is 11.8. The van der Waals surface area contributed by atoms with Gasteiger partial charge in [0.1, 0.15) is 11.7 Å². The van der Waals surface area contributed by atoms with Gasteiger partial charge in [0.05, 0.1) is 5.60 Å². The zero-order chi connectivity index (χ0) is 21.1. The Hall–Kier alpha value is -1.30. The third kappa shape index (κ3) is 1.85. The molecule has 0 amide bonds. The summed E-state index contributed by atoms with van der Waals surface area (Å²) in [6.07, 6.45) is 6.57. The third-order valence-electron chi connectivity index (χ3n) is 10.1. The number of hydrogen-bond donors (Lipinski definition) is 2. The molecule has 2 spiro atoms. The maximum absolute atomic E-state index is 11.7. The number of fused-ring (bicyclic) bond motifs is 2. The van der Waals surface area contributed by atoms with Crippen LogP contribution >= 0.6 is 0 Å². The van der Waals surface area contributed by atoms with Gasteiger partial charge < -0.3 is 24.6 Å². The normalized spacial score (nSPS) is 45.0. The van der Waals surface area contributed by atoms with Gasteiger partial charge in [0.25, 0.3) is 0 Å². The van der Waals surface area contributed by atoms with E-state index in [1.807, 2.05) is 20.1 Å². The Morgan fingerprint density at radius 1 is 1.30 bits per heavy atom. The highest BCUT2D eigenvalue weighted by atomic mass is 16.6. The van der Waals surface area contributed by atoms with Crippen molar-refractivity contribution in [3.63, 3.8) is 0 Å². The fraction of sp³-hybridized carbons (Fsp3) is 0.760. The summed E-state index contributed by atoms with van der Waals surface area (Å²) in [5.74, 6) is 0.977. The van der Waals surface area contributed by atoms with Gasteiger partial charge in [-0.3, -0.25) is 0 Å². The number of methoxy groups -OCH3 is 1. The molecule has 30 heavy (non-hydrogen) atoms. The molecule has 4 bridgehead atoms. The first-order chi connectivity index (χ1) is 14.3. The molecule has 5 heteroatoms. The quantitative estimate of drug-likeness (QED) is 0.792. The lowest BCUT2D eigenvalue weighted by atomic mass is 9.33. The summed E-state index contributed by atoms with van der Waals surface area (Å²) in [6.45, 7) is 5.19. The molecule has 2 N–H and O–H groups in total. The minimum atomic E-state index is -0.798. The lowest BCUT2D eigenvalue weighted by molar-refractivity contribution is -0.301. The van der Waals surface area contributed by atoms with Gasteiger partial charge in [-0.1, -0.05) is 19.4 Å². The second kappa shape index (κ2) is 5.73. The van der Waals surface area contributed by atoms with Gasteiger partial charge in [0.15, 0.2) is 11.5 Å². The van der Waals surface area contributed by atoms with Crippen molar-refractivity contribution in [3.8, 4) is 11.5 Å². The zero-order valence-corrected chi connectivity index (χ0v) is 18.7. The van der Waals surface area contributed by atoms with Gasteiger partial charge in [-0.15, -0.1) is 0 Å². The van der Waals surface area contributed by atoms with Crippen molar-refractivity contribution in [1.82, 2.24) is 4.90 Å². The van der Waals surface area contributed by atoms with Crippen LogP contribution in [0.1, 0.15) is 63.5 Å². The highest BCUT2D eigenvalue weighted by Gasteiger charge is 2.81. The first kappa shape index (κ1) is 19.4.